The maximum Gasteiger partial charge on any atom is 0.222 e. The van der Waals surface area contributed by atoms with Crippen LogP contribution in [-0.4, -0.2) is 43.0 Å². The first-order chi connectivity index (χ1) is 11.7. The smallest absolute Gasteiger partial charge is 0.222 e. The maximum absolute atomic E-state index is 11.7. The van der Waals surface area contributed by atoms with Gasteiger partial charge in [-0.1, -0.05) is 0 Å². The first-order valence-corrected chi connectivity index (χ1v) is 9.10. The molecule has 1 fully saturated rings. The van der Waals surface area contributed by atoms with Gasteiger partial charge in [0.25, 0.3) is 0 Å². The Bertz CT molecular complexity index is 676. The number of aromatic nitrogens is 1. The van der Waals surface area contributed by atoms with Crippen LogP contribution in [0.4, 0.5) is 0 Å². The fourth-order valence-corrected chi connectivity index (χ4v) is 3.85. The van der Waals surface area contributed by atoms with Crippen molar-refractivity contribution in [2.75, 3.05) is 27.2 Å². The van der Waals surface area contributed by atoms with Crippen LogP contribution in [0.25, 0.3) is 10.6 Å². The number of thiazole rings is 1. The van der Waals surface area contributed by atoms with Gasteiger partial charge in [0, 0.05) is 30.5 Å². The van der Waals surface area contributed by atoms with E-state index in [0.717, 1.165) is 54.5 Å². The molecule has 24 heavy (non-hydrogen) atoms. The summed E-state index contributed by atoms with van der Waals surface area (Å²) in [5.74, 6) is 1.19. The number of likely N-dealkylation sites (tertiary alicyclic amines) is 1. The average molecular weight is 345 g/mol. The summed E-state index contributed by atoms with van der Waals surface area (Å²) >= 11 is 1.67. The third kappa shape index (κ3) is 3.94. The molecule has 0 saturated carbocycles. The normalized spacial score (nSPS) is 16.1. The van der Waals surface area contributed by atoms with Gasteiger partial charge in [0.05, 0.1) is 12.8 Å². The molecular formula is C18H23N3O2S. The van der Waals surface area contributed by atoms with Gasteiger partial charge < -0.3 is 10.1 Å². The summed E-state index contributed by atoms with van der Waals surface area (Å²) in [6, 6.07) is 7.99. The van der Waals surface area contributed by atoms with Crippen molar-refractivity contribution in [2.24, 2.45) is 5.92 Å². The lowest BCUT2D eigenvalue weighted by Gasteiger charge is -2.30. The molecular weight excluding hydrogens is 322 g/mol. The fraction of sp³-hybridized carbons (Fsp3) is 0.444. The van der Waals surface area contributed by atoms with E-state index in [1.165, 1.54) is 0 Å². The number of piperidine rings is 1. The minimum Gasteiger partial charge on any atom is -0.497 e. The van der Waals surface area contributed by atoms with E-state index in [0.29, 0.717) is 0 Å². The van der Waals surface area contributed by atoms with E-state index < -0.39 is 0 Å². The number of nitrogens with zero attached hydrogens (tertiary/aromatic N) is 2. The summed E-state index contributed by atoms with van der Waals surface area (Å²) in [6.07, 6.45) is 1.85. The Balaban J connectivity index is 1.57. The van der Waals surface area contributed by atoms with Crippen molar-refractivity contribution in [1.82, 2.24) is 15.2 Å². The van der Waals surface area contributed by atoms with Crippen molar-refractivity contribution in [1.29, 1.82) is 0 Å². The minimum absolute atomic E-state index is 0.163. The van der Waals surface area contributed by atoms with E-state index in [2.05, 4.69) is 15.6 Å². The highest BCUT2D eigenvalue weighted by molar-refractivity contribution is 7.13. The number of hydrogen-bond acceptors (Lipinski definition) is 5. The fourth-order valence-electron chi connectivity index (χ4n) is 3.03. The second-order valence-electron chi connectivity index (χ2n) is 6.04. The lowest BCUT2D eigenvalue weighted by atomic mass is 9.96. The van der Waals surface area contributed by atoms with Crippen LogP contribution in [0.2, 0.25) is 0 Å². The van der Waals surface area contributed by atoms with Crippen molar-refractivity contribution in [3.63, 3.8) is 0 Å². The molecule has 1 aromatic heterocycles. The molecule has 0 spiro atoms. The molecule has 3 rings (SSSR count). The Labute approximate surface area is 146 Å². The summed E-state index contributed by atoms with van der Waals surface area (Å²) in [6.45, 7) is 2.76. The highest BCUT2D eigenvalue weighted by Crippen LogP contribution is 2.27. The van der Waals surface area contributed by atoms with Crippen LogP contribution in [0, 0.1) is 5.92 Å². The molecule has 5 nitrogen and oxygen atoms in total. The van der Waals surface area contributed by atoms with Gasteiger partial charge in [-0.3, -0.25) is 9.69 Å². The third-order valence-corrected chi connectivity index (χ3v) is 5.42. The SMILES string of the molecule is CNC(=O)C1CCN(Cc2csc(-c3ccc(OC)cc3)n2)CC1. The first-order valence-electron chi connectivity index (χ1n) is 8.22. The highest BCUT2D eigenvalue weighted by Gasteiger charge is 2.24. The Morgan fingerprint density at radius 1 is 1.33 bits per heavy atom. The van der Waals surface area contributed by atoms with Crippen molar-refractivity contribution >= 4 is 17.2 Å². The Morgan fingerprint density at radius 2 is 2.04 bits per heavy atom. The zero-order valence-electron chi connectivity index (χ0n) is 14.1. The zero-order valence-corrected chi connectivity index (χ0v) is 14.9. The van der Waals surface area contributed by atoms with Gasteiger partial charge in [-0.15, -0.1) is 11.3 Å². The van der Waals surface area contributed by atoms with Gasteiger partial charge in [-0.25, -0.2) is 4.98 Å². The second kappa shape index (κ2) is 7.77. The van der Waals surface area contributed by atoms with Crippen LogP contribution in [0.1, 0.15) is 18.5 Å². The lowest BCUT2D eigenvalue weighted by molar-refractivity contribution is -0.125. The van der Waals surface area contributed by atoms with Gasteiger partial charge in [0.1, 0.15) is 10.8 Å². The summed E-state index contributed by atoms with van der Waals surface area (Å²) in [5, 5.41) is 5.92. The van der Waals surface area contributed by atoms with Crippen molar-refractivity contribution in [3.05, 3.63) is 35.3 Å². The topological polar surface area (TPSA) is 54.5 Å². The standard InChI is InChI=1S/C18H23N3O2S/c1-19-17(22)13-7-9-21(10-8-13)11-15-12-24-18(20-15)14-3-5-16(23-2)6-4-14/h3-6,12-13H,7-11H2,1-2H3,(H,19,22). The molecule has 1 saturated heterocycles. The number of benzene rings is 1. The van der Waals surface area contributed by atoms with Crippen molar-refractivity contribution in [3.8, 4) is 16.3 Å². The largest absolute Gasteiger partial charge is 0.497 e. The van der Waals surface area contributed by atoms with E-state index in [9.17, 15) is 4.79 Å². The quantitative estimate of drug-likeness (QED) is 0.905. The van der Waals surface area contributed by atoms with Crippen LogP contribution < -0.4 is 10.1 Å². The van der Waals surface area contributed by atoms with E-state index in [1.54, 1.807) is 25.5 Å². The van der Waals surface area contributed by atoms with E-state index in [1.807, 2.05) is 24.3 Å². The number of hydrogen-bond donors (Lipinski definition) is 1. The molecule has 0 radical (unpaired) electrons. The van der Waals surface area contributed by atoms with Gasteiger partial charge in [0.2, 0.25) is 5.91 Å². The van der Waals surface area contributed by atoms with Gasteiger partial charge >= 0.3 is 0 Å². The van der Waals surface area contributed by atoms with Gasteiger partial charge in [-0.2, -0.15) is 0 Å². The number of ether oxygens (including phenoxy) is 1. The summed E-state index contributed by atoms with van der Waals surface area (Å²) in [4.78, 5) is 18.8. The molecule has 128 valence electrons. The summed E-state index contributed by atoms with van der Waals surface area (Å²) in [5.41, 5.74) is 2.22. The summed E-state index contributed by atoms with van der Waals surface area (Å²) < 4.78 is 5.19. The van der Waals surface area contributed by atoms with Crippen molar-refractivity contribution in [2.45, 2.75) is 19.4 Å². The zero-order chi connectivity index (χ0) is 16.9. The molecule has 0 atom stereocenters. The Hall–Kier alpha value is -1.92. The molecule has 0 bridgehead atoms. The van der Waals surface area contributed by atoms with E-state index >= 15 is 0 Å². The number of carbonyl (C=O) groups is 1. The predicted octanol–water partition coefficient (Wildman–Crippen LogP) is 2.78. The Morgan fingerprint density at radius 3 is 2.67 bits per heavy atom. The van der Waals surface area contributed by atoms with Crippen LogP contribution in [-0.2, 0) is 11.3 Å². The minimum atomic E-state index is 0.163. The Kier molecular flexibility index (Phi) is 5.48. The molecule has 1 aliphatic rings. The van der Waals surface area contributed by atoms with Crippen LogP contribution >= 0.6 is 11.3 Å². The lowest BCUT2D eigenvalue weighted by Crippen LogP contribution is -2.39. The summed E-state index contributed by atoms with van der Waals surface area (Å²) in [7, 11) is 3.38. The predicted molar refractivity (Wildman–Crippen MR) is 96.2 cm³/mol. The van der Waals surface area contributed by atoms with Crippen LogP contribution in [0.5, 0.6) is 5.75 Å². The van der Waals surface area contributed by atoms with Gasteiger partial charge in [0.15, 0.2) is 0 Å². The molecule has 0 unspecified atom stereocenters. The third-order valence-electron chi connectivity index (χ3n) is 4.48. The molecule has 2 aromatic rings. The van der Waals surface area contributed by atoms with Crippen LogP contribution in [0.3, 0.4) is 0 Å². The van der Waals surface area contributed by atoms with E-state index in [4.69, 9.17) is 9.72 Å². The number of nitrogens with one attached hydrogen (secondary N) is 1. The maximum atomic E-state index is 11.7. The molecule has 1 aromatic carbocycles. The molecule has 6 heteroatoms. The molecule has 0 aliphatic carbocycles. The second-order valence-corrected chi connectivity index (χ2v) is 6.90. The average Bonchev–Trinajstić information content (AvgIpc) is 3.10. The van der Waals surface area contributed by atoms with E-state index in [-0.39, 0.29) is 11.8 Å². The van der Waals surface area contributed by atoms with Crippen molar-refractivity contribution < 1.29 is 9.53 Å². The van der Waals surface area contributed by atoms with Crippen LogP contribution in [0.15, 0.2) is 29.6 Å². The number of rotatable bonds is 5. The number of methoxy groups -OCH3 is 1. The monoisotopic (exact) mass is 345 g/mol. The number of amides is 1. The highest BCUT2D eigenvalue weighted by atomic mass is 32.1. The molecule has 1 N–H and O–H groups in total. The number of carbonyl (C=O) groups excluding carboxylic acids is 1. The molecule has 1 aliphatic heterocycles. The molecule has 2 heterocycles. The molecule has 1 amide bonds. The van der Waals surface area contributed by atoms with Gasteiger partial charge in [-0.05, 0) is 50.2 Å². The first kappa shape index (κ1) is 16.9.